The molecule has 0 fully saturated rings. The maximum Gasteiger partial charge on any atom is 0.337 e. The average Bonchev–Trinajstić information content (AvgIpc) is 2.68. The Balaban J connectivity index is 0.000000185. The van der Waals surface area contributed by atoms with Crippen LogP contribution in [0.15, 0.2) is 91.0 Å². The van der Waals surface area contributed by atoms with Crippen molar-refractivity contribution in [1.29, 1.82) is 0 Å². The first-order valence-electron chi connectivity index (χ1n) is 7.71. The monoisotopic (exact) mass is 316 g/mol. The average molecular weight is 316 g/mol. The molecule has 0 saturated carbocycles. The lowest BCUT2D eigenvalue weighted by molar-refractivity contribution is 0.0600. The maximum absolute atomic E-state index is 10.8. The third kappa shape index (κ3) is 5.93. The van der Waals surface area contributed by atoms with Gasteiger partial charge in [0.15, 0.2) is 0 Å². The van der Waals surface area contributed by atoms with Crippen molar-refractivity contribution in [2.24, 2.45) is 0 Å². The summed E-state index contributed by atoms with van der Waals surface area (Å²) >= 11 is 0. The van der Waals surface area contributed by atoms with Gasteiger partial charge in [0.2, 0.25) is 0 Å². The van der Waals surface area contributed by atoms with E-state index in [4.69, 9.17) is 0 Å². The lowest BCUT2D eigenvalue weighted by atomic mass is 10.1. The number of carbonyl (C=O) groups excluding carboxylic acids is 1. The Labute approximate surface area is 143 Å². The first kappa shape index (κ1) is 17.2. The molecular formula is C22H20O2. The molecule has 0 heterocycles. The summed E-state index contributed by atoms with van der Waals surface area (Å²) in [7, 11) is 1.37. The minimum atomic E-state index is -0.291. The second-order valence-corrected chi connectivity index (χ2v) is 5.01. The Bertz CT molecular complexity index is 706. The highest BCUT2D eigenvalue weighted by Crippen LogP contribution is 2.07. The standard InChI is InChI=1S/C14H12.C8H8O2/c1-3-7-13(8-4-1)11-12-14-9-5-2-6-10-14;1-10-8(9)7-5-3-2-4-6-7/h1-12H;2-6H,1H3. The van der Waals surface area contributed by atoms with Gasteiger partial charge in [0.1, 0.15) is 0 Å². The van der Waals surface area contributed by atoms with Crippen molar-refractivity contribution in [2.75, 3.05) is 7.11 Å². The van der Waals surface area contributed by atoms with Gasteiger partial charge < -0.3 is 4.74 Å². The number of methoxy groups -OCH3 is 1. The van der Waals surface area contributed by atoms with Crippen LogP contribution in [0.1, 0.15) is 21.5 Å². The Kier molecular flexibility index (Phi) is 7.03. The van der Waals surface area contributed by atoms with Crippen molar-refractivity contribution < 1.29 is 9.53 Å². The second kappa shape index (κ2) is 9.80. The highest BCUT2D eigenvalue weighted by Gasteiger charge is 2.00. The molecule has 3 aromatic rings. The zero-order valence-electron chi connectivity index (χ0n) is 13.6. The number of ether oxygens (including phenoxy) is 1. The molecule has 24 heavy (non-hydrogen) atoms. The maximum atomic E-state index is 10.8. The van der Waals surface area contributed by atoms with E-state index in [0.717, 1.165) is 0 Å². The highest BCUT2D eigenvalue weighted by atomic mass is 16.5. The normalized spacial score (nSPS) is 9.88. The van der Waals surface area contributed by atoms with Crippen LogP contribution in [0.4, 0.5) is 0 Å². The van der Waals surface area contributed by atoms with E-state index in [2.05, 4.69) is 41.2 Å². The molecule has 2 heteroatoms. The molecule has 0 aliphatic rings. The van der Waals surface area contributed by atoms with Crippen LogP contribution in [-0.2, 0) is 4.74 Å². The van der Waals surface area contributed by atoms with Gasteiger partial charge in [-0.1, -0.05) is 91.0 Å². The van der Waals surface area contributed by atoms with E-state index >= 15 is 0 Å². The number of hydrogen-bond donors (Lipinski definition) is 0. The first-order valence-corrected chi connectivity index (χ1v) is 7.71. The minimum Gasteiger partial charge on any atom is -0.465 e. The molecule has 0 unspecified atom stereocenters. The van der Waals surface area contributed by atoms with E-state index in [1.54, 1.807) is 24.3 Å². The molecule has 0 aliphatic heterocycles. The molecule has 3 aromatic carbocycles. The smallest absolute Gasteiger partial charge is 0.337 e. The Hall–Kier alpha value is -3.13. The fourth-order valence-corrected chi connectivity index (χ4v) is 2.01. The molecule has 0 aliphatic carbocycles. The van der Waals surface area contributed by atoms with Crippen LogP contribution in [0.25, 0.3) is 12.2 Å². The molecule has 0 amide bonds. The van der Waals surface area contributed by atoms with Crippen molar-refractivity contribution in [2.45, 2.75) is 0 Å². The third-order valence-corrected chi connectivity index (χ3v) is 3.26. The molecule has 0 aromatic heterocycles. The molecule has 0 N–H and O–H groups in total. The Morgan fingerprint density at radius 2 is 1.04 bits per heavy atom. The number of carbonyl (C=O) groups is 1. The van der Waals surface area contributed by atoms with Crippen molar-refractivity contribution in [1.82, 2.24) is 0 Å². The SMILES string of the molecule is C(=Cc1ccccc1)c1ccccc1.COC(=O)c1ccccc1. The van der Waals surface area contributed by atoms with Gasteiger partial charge in [-0.2, -0.15) is 0 Å². The Morgan fingerprint density at radius 1 is 0.667 bits per heavy atom. The minimum absolute atomic E-state index is 0.291. The van der Waals surface area contributed by atoms with Crippen LogP contribution in [0.3, 0.4) is 0 Å². The van der Waals surface area contributed by atoms with Gasteiger partial charge in [0.05, 0.1) is 12.7 Å². The van der Waals surface area contributed by atoms with Crippen molar-refractivity contribution >= 4 is 18.1 Å². The molecule has 2 nitrogen and oxygen atoms in total. The second-order valence-electron chi connectivity index (χ2n) is 5.01. The largest absolute Gasteiger partial charge is 0.465 e. The van der Waals surface area contributed by atoms with Gasteiger partial charge >= 0.3 is 5.97 Å². The molecule has 0 radical (unpaired) electrons. The molecule has 0 saturated heterocycles. The molecular weight excluding hydrogens is 296 g/mol. The summed E-state index contributed by atoms with van der Waals surface area (Å²) in [4.78, 5) is 10.8. The fourth-order valence-electron chi connectivity index (χ4n) is 2.01. The molecule has 3 rings (SSSR count). The van der Waals surface area contributed by atoms with E-state index in [1.165, 1.54) is 18.2 Å². The van der Waals surface area contributed by atoms with Gasteiger partial charge in [-0.15, -0.1) is 0 Å². The zero-order chi connectivity index (χ0) is 17.0. The van der Waals surface area contributed by atoms with Crippen LogP contribution < -0.4 is 0 Å². The predicted octanol–water partition coefficient (Wildman–Crippen LogP) is 5.33. The van der Waals surface area contributed by atoms with Crippen molar-refractivity contribution in [3.8, 4) is 0 Å². The Morgan fingerprint density at radius 3 is 1.42 bits per heavy atom. The summed E-state index contributed by atoms with van der Waals surface area (Å²) in [6, 6.07) is 29.5. The van der Waals surface area contributed by atoms with Crippen molar-refractivity contribution in [3.63, 3.8) is 0 Å². The molecule has 0 bridgehead atoms. The quantitative estimate of drug-likeness (QED) is 0.482. The van der Waals surface area contributed by atoms with Gasteiger partial charge in [-0.25, -0.2) is 4.79 Å². The van der Waals surface area contributed by atoms with Crippen LogP contribution in [0.5, 0.6) is 0 Å². The lowest BCUT2D eigenvalue weighted by Gasteiger charge is -1.95. The summed E-state index contributed by atoms with van der Waals surface area (Å²) in [5.41, 5.74) is 3.05. The van der Waals surface area contributed by atoms with E-state index in [1.807, 2.05) is 42.5 Å². The summed E-state index contributed by atoms with van der Waals surface area (Å²) in [5, 5.41) is 0. The van der Waals surface area contributed by atoms with E-state index in [-0.39, 0.29) is 5.97 Å². The van der Waals surface area contributed by atoms with Gasteiger partial charge in [0, 0.05) is 0 Å². The van der Waals surface area contributed by atoms with E-state index in [9.17, 15) is 4.79 Å². The summed E-state index contributed by atoms with van der Waals surface area (Å²) in [6.07, 6.45) is 4.24. The van der Waals surface area contributed by atoms with Crippen LogP contribution in [0.2, 0.25) is 0 Å². The summed E-state index contributed by atoms with van der Waals surface area (Å²) in [6.45, 7) is 0. The lowest BCUT2D eigenvalue weighted by Crippen LogP contribution is -1.99. The van der Waals surface area contributed by atoms with Gasteiger partial charge in [0.25, 0.3) is 0 Å². The third-order valence-electron chi connectivity index (χ3n) is 3.26. The van der Waals surface area contributed by atoms with Crippen LogP contribution >= 0.6 is 0 Å². The zero-order valence-corrected chi connectivity index (χ0v) is 13.6. The molecule has 0 spiro atoms. The predicted molar refractivity (Wildman–Crippen MR) is 99.6 cm³/mol. The summed E-state index contributed by atoms with van der Waals surface area (Å²) in [5.74, 6) is -0.291. The van der Waals surface area contributed by atoms with Gasteiger partial charge in [-0.3, -0.25) is 0 Å². The van der Waals surface area contributed by atoms with Crippen LogP contribution in [-0.4, -0.2) is 13.1 Å². The van der Waals surface area contributed by atoms with E-state index in [0.29, 0.717) is 5.56 Å². The van der Waals surface area contributed by atoms with Crippen LogP contribution in [0, 0.1) is 0 Å². The first-order chi connectivity index (χ1) is 11.8. The number of hydrogen-bond acceptors (Lipinski definition) is 2. The van der Waals surface area contributed by atoms with Gasteiger partial charge in [-0.05, 0) is 23.3 Å². The number of rotatable bonds is 3. The number of benzene rings is 3. The highest BCUT2D eigenvalue weighted by molar-refractivity contribution is 5.89. The van der Waals surface area contributed by atoms with Crippen molar-refractivity contribution in [3.05, 3.63) is 108 Å². The molecule has 120 valence electrons. The summed E-state index contributed by atoms with van der Waals surface area (Å²) < 4.78 is 4.50. The van der Waals surface area contributed by atoms with E-state index < -0.39 is 0 Å². The fraction of sp³-hybridized carbons (Fsp3) is 0.0455. The number of esters is 1. The topological polar surface area (TPSA) is 26.3 Å². The molecule has 0 atom stereocenters.